The molecule has 0 aliphatic rings. The van der Waals surface area contributed by atoms with E-state index < -0.39 is 0 Å². The molecule has 2 aromatic carbocycles. The molecule has 0 aliphatic heterocycles. The summed E-state index contributed by atoms with van der Waals surface area (Å²) in [6, 6.07) is 15.2. The summed E-state index contributed by atoms with van der Waals surface area (Å²) in [5, 5.41) is 3.21. The molecule has 0 unspecified atom stereocenters. The van der Waals surface area contributed by atoms with Gasteiger partial charge in [-0.3, -0.25) is 0 Å². The van der Waals surface area contributed by atoms with Gasteiger partial charge < -0.3 is 5.32 Å². The molecule has 2 rings (SSSR count). The van der Waals surface area contributed by atoms with E-state index in [1.807, 2.05) is 43.3 Å². The molecular weight excluding hydrogens is 245 g/mol. The van der Waals surface area contributed by atoms with Crippen molar-refractivity contribution in [1.29, 1.82) is 0 Å². The average Bonchev–Trinajstić information content (AvgIpc) is 2.37. The molecular formula is C15H16FNS. The molecule has 0 aromatic heterocycles. The second-order valence-electron chi connectivity index (χ2n) is 3.99. The van der Waals surface area contributed by atoms with Gasteiger partial charge in [-0.15, -0.1) is 0 Å². The molecule has 0 aliphatic carbocycles. The number of hydrogen-bond donors (Lipinski definition) is 1. The van der Waals surface area contributed by atoms with Crippen molar-refractivity contribution < 1.29 is 4.39 Å². The van der Waals surface area contributed by atoms with E-state index in [2.05, 4.69) is 5.32 Å². The largest absolute Gasteiger partial charge is 0.313 e. The quantitative estimate of drug-likeness (QED) is 0.870. The lowest BCUT2D eigenvalue weighted by molar-refractivity contribution is 0.617. The Kier molecular flexibility index (Phi) is 4.79. The van der Waals surface area contributed by atoms with Crippen molar-refractivity contribution in [3.63, 3.8) is 0 Å². The third-order valence-electron chi connectivity index (χ3n) is 2.49. The maximum absolute atomic E-state index is 13.5. The summed E-state index contributed by atoms with van der Waals surface area (Å²) in [7, 11) is 0. The van der Waals surface area contributed by atoms with Crippen LogP contribution >= 0.6 is 11.8 Å². The molecule has 18 heavy (non-hydrogen) atoms. The highest BCUT2D eigenvalue weighted by Gasteiger charge is 2.02. The minimum atomic E-state index is -0.177. The first kappa shape index (κ1) is 13.1. The molecule has 0 atom stereocenters. The van der Waals surface area contributed by atoms with Gasteiger partial charge >= 0.3 is 0 Å². The Hall–Kier alpha value is -1.32. The van der Waals surface area contributed by atoms with Gasteiger partial charge in [-0.1, -0.05) is 36.9 Å². The standard InChI is InChI=1S/C15H16FNS/c1-2-17-11-12-8-13(16)10-15(9-12)18-14-6-4-3-5-7-14/h3-10,17H,2,11H2,1H3. The van der Waals surface area contributed by atoms with Crippen molar-refractivity contribution >= 4 is 11.8 Å². The van der Waals surface area contributed by atoms with Gasteiger partial charge in [-0.25, -0.2) is 4.39 Å². The van der Waals surface area contributed by atoms with E-state index in [9.17, 15) is 4.39 Å². The summed E-state index contributed by atoms with van der Waals surface area (Å²) < 4.78 is 13.5. The molecule has 0 spiro atoms. The first-order chi connectivity index (χ1) is 8.78. The lowest BCUT2D eigenvalue weighted by Gasteiger charge is -2.06. The van der Waals surface area contributed by atoms with Crippen LogP contribution in [-0.4, -0.2) is 6.54 Å². The van der Waals surface area contributed by atoms with E-state index in [0.29, 0.717) is 6.54 Å². The zero-order valence-electron chi connectivity index (χ0n) is 10.3. The fourth-order valence-electron chi connectivity index (χ4n) is 1.68. The van der Waals surface area contributed by atoms with E-state index in [0.717, 1.165) is 21.9 Å². The minimum absolute atomic E-state index is 0.177. The fraction of sp³-hybridized carbons (Fsp3) is 0.200. The van der Waals surface area contributed by atoms with Crippen LogP contribution in [0.3, 0.4) is 0 Å². The minimum Gasteiger partial charge on any atom is -0.313 e. The lowest BCUT2D eigenvalue weighted by atomic mass is 10.2. The molecule has 1 N–H and O–H groups in total. The maximum atomic E-state index is 13.5. The highest BCUT2D eigenvalue weighted by atomic mass is 32.2. The molecule has 0 amide bonds. The molecule has 1 nitrogen and oxygen atoms in total. The van der Waals surface area contributed by atoms with Crippen LogP contribution < -0.4 is 5.32 Å². The maximum Gasteiger partial charge on any atom is 0.124 e. The Bertz CT molecular complexity index is 499. The van der Waals surface area contributed by atoms with Crippen LogP contribution in [0.15, 0.2) is 58.3 Å². The van der Waals surface area contributed by atoms with Crippen molar-refractivity contribution in [2.24, 2.45) is 0 Å². The Balaban J connectivity index is 2.15. The number of hydrogen-bond acceptors (Lipinski definition) is 2. The normalized spacial score (nSPS) is 10.6. The van der Waals surface area contributed by atoms with Crippen LogP contribution in [0.25, 0.3) is 0 Å². The third-order valence-corrected chi connectivity index (χ3v) is 3.47. The molecule has 2 aromatic rings. The second kappa shape index (κ2) is 6.57. The number of nitrogens with one attached hydrogen (secondary N) is 1. The van der Waals surface area contributed by atoms with Crippen LogP contribution in [0.1, 0.15) is 12.5 Å². The van der Waals surface area contributed by atoms with Crippen molar-refractivity contribution in [3.05, 3.63) is 59.9 Å². The summed E-state index contributed by atoms with van der Waals surface area (Å²) in [6.07, 6.45) is 0. The highest BCUT2D eigenvalue weighted by Crippen LogP contribution is 2.28. The van der Waals surface area contributed by atoms with Gasteiger partial charge in [0, 0.05) is 16.3 Å². The average molecular weight is 261 g/mol. The van der Waals surface area contributed by atoms with Crippen molar-refractivity contribution in [3.8, 4) is 0 Å². The van der Waals surface area contributed by atoms with Gasteiger partial charge in [0.1, 0.15) is 5.82 Å². The summed E-state index contributed by atoms with van der Waals surface area (Å²) in [6.45, 7) is 3.63. The van der Waals surface area contributed by atoms with Crippen molar-refractivity contribution in [2.45, 2.75) is 23.3 Å². The number of rotatable bonds is 5. The summed E-state index contributed by atoms with van der Waals surface area (Å²) in [5.41, 5.74) is 0.982. The van der Waals surface area contributed by atoms with E-state index in [-0.39, 0.29) is 5.82 Å². The van der Waals surface area contributed by atoms with E-state index >= 15 is 0 Å². The fourth-order valence-corrected chi connectivity index (χ4v) is 2.62. The van der Waals surface area contributed by atoms with E-state index in [1.54, 1.807) is 23.9 Å². The predicted molar refractivity (Wildman–Crippen MR) is 74.3 cm³/mol. The molecule has 0 fully saturated rings. The summed E-state index contributed by atoms with van der Waals surface area (Å²) >= 11 is 1.58. The highest BCUT2D eigenvalue weighted by molar-refractivity contribution is 7.99. The van der Waals surface area contributed by atoms with Gasteiger partial charge in [-0.2, -0.15) is 0 Å². The monoisotopic (exact) mass is 261 g/mol. The van der Waals surface area contributed by atoms with Gasteiger partial charge in [0.15, 0.2) is 0 Å². The molecule has 3 heteroatoms. The molecule has 0 saturated carbocycles. The number of halogens is 1. The molecule has 0 heterocycles. The molecule has 0 bridgehead atoms. The Morgan fingerprint density at radius 2 is 1.83 bits per heavy atom. The molecule has 0 radical (unpaired) electrons. The zero-order valence-corrected chi connectivity index (χ0v) is 11.1. The zero-order chi connectivity index (χ0) is 12.8. The van der Waals surface area contributed by atoms with Crippen LogP contribution in [0.4, 0.5) is 4.39 Å². The summed E-state index contributed by atoms with van der Waals surface area (Å²) in [5.74, 6) is -0.177. The Morgan fingerprint density at radius 3 is 2.56 bits per heavy atom. The third kappa shape index (κ3) is 3.86. The molecule has 94 valence electrons. The van der Waals surface area contributed by atoms with Gasteiger partial charge in [0.05, 0.1) is 0 Å². The second-order valence-corrected chi connectivity index (χ2v) is 5.14. The first-order valence-electron chi connectivity index (χ1n) is 6.01. The van der Waals surface area contributed by atoms with Crippen LogP contribution in [-0.2, 0) is 6.54 Å². The first-order valence-corrected chi connectivity index (χ1v) is 6.82. The van der Waals surface area contributed by atoms with Crippen molar-refractivity contribution in [2.75, 3.05) is 6.54 Å². The smallest absolute Gasteiger partial charge is 0.124 e. The van der Waals surface area contributed by atoms with Crippen molar-refractivity contribution in [1.82, 2.24) is 5.32 Å². The van der Waals surface area contributed by atoms with Gasteiger partial charge in [-0.05, 0) is 42.4 Å². The van der Waals surface area contributed by atoms with Crippen LogP contribution in [0.5, 0.6) is 0 Å². The van der Waals surface area contributed by atoms with E-state index in [1.165, 1.54) is 0 Å². The Morgan fingerprint density at radius 1 is 1.06 bits per heavy atom. The summed E-state index contributed by atoms with van der Waals surface area (Å²) in [4.78, 5) is 2.06. The number of benzene rings is 2. The van der Waals surface area contributed by atoms with Crippen LogP contribution in [0.2, 0.25) is 0 Å². The molecule has 0 saturated heterocycles. The predicted octanol–water partition coefficient (Wildman–Crippen LogP) is 4.09. The van der Waals surface area contributed by atoms with Crippen LogP contribution in [0, 0.1) is 5.82 Å². The topological polar surface area (TPSA) is 12.0 Å². The lowest BCUT2D eigenvalue weighted by Crippen LogP contribution is -2.11. The van der Waals surface area contributed by atoms with Gasteiger partial charge in [0.25, 0.3) is 0 Å². The Labute approximate surface area is 111 Å². The SMILES string of the molecule is CCNCc1cc(F)cc(Sc2ccccc2)c1. The van der Waals surface area contributed by atoms with Gasteiger partial charge in [0.2, 0.25) is 0 Å². The van der Waals surface area contributed by atoms with E-state index in [4.69, 9.17) is 0 Å².